The molecule has 1 atom stereocenters. The maximum Gasteiger partial charge on any atom is 0.334 e. The van der Waals surface area contributed by atoms with Crippen LogP contribution in [0.2, 0.25) is 0 Å². The quantitative estimate of drug-likeness (QED) is 0.504. The first kappa shape index (κ1) is 17.5. The van der Waals surface area contributed by atoms with Gasteiger partial charge in [-0.3, -0.25) is 4.79 Å². The van der Waals surface area contributed by atoms with Crippen LogP contribution >= 0.6 is 11.3 Å². The number of methoxy groups -OCH3 is 1. The first-order valence-electron chi connectivity index (χ1n) is 8.80. The van der Waals surface area contributed by atoms with E-state index in [0.29, 0.717) is 23.6 Å². The predicted octanol–water partition coefficient (Wildman–Crippen LogP) is 4.12. The second-order valence-electron chi connectivity index (χ2n) is 6.43. The molecule has 1 fully saturated rings. The van der Waals surface area contributed by atoms with Gasteiger partial charge in [0, 0.05) is 6.54 Å². The molecule has 0 aliphatic carbocycles. The summed E-state index contributed by atoms with van der Waals surface area (Å²) in [6.45, 7) is 0.575. The predicted molar refractivity (Wildman–Crippen MR) is 105 cm³/mol. The minimum Gasteiger partial charge on any atom is -0.497 e. The lowest BCUT2D eigenvalue weighted by Crippen LogP contribution is -2.42. The first-order chi connectivity index (χ1) is 13.2. The average molecular weight is 381 g/mol. The lowest BCUT2D eigenvalue weighted by Gasteiger charge is -2.22. The molecule has 3 aromatic rings. The Labute approximate surface area is 161 Å². The molecule has 1 aliphatic heterocycles. The van der Waals surface area contributed by atoms with Gasteiger partial charge in [-0.05, 0) is 59.3 Å². The Morgan fingerprint density at radius 1 is 1.07 bits per heavy atom. The van der Waals surface area contributed by atoms with Crippen molar-refractivity contribution in [2.75, 3.05) is 13.7 Å². The number of hydrogen-bond donors (Lipinski definition) is 0. The average Bonchev–Trinajstić information content (AvgIpc) is 3.38. The molecule has 27 heavy (non-hydrogen) atoms. The number of carbonyl (C=O) groups is 2. The molecule has 4 rings (SSSR count). The Kier molecular flexibility index (Phi) is 4.81. The fourth-order valence-electron chi connectivity index (χ4n) is 3.37. The van der Waals surface area contributed by atoms with Crippen LogP contribution in [0.3, 0.4) is 0 Å². The van der Waals surface area contributed by atoms with Crippen molar-refractivity contribution < 1.29 is 19.1 Å². The summed E-state index contributed by atoms with van der Waals surface area (Å²) in [5.74, 6) is 0.720. The van der Waals surface area contributed by atoms with E-state index in [0.717, 1.165) is 22.9 Å². The standard InChI is InChI=1S/C21H19NO4S/c1-25-16-8-6-14-7-9-17(13-15(14)12-16)26-21(24)18-4-2-10-22(18)20(23)19-5-3-11-27-19/h3,5-9,11-13,18H,2,4,10H2,1H3. The van der Waals surface area contributed by atoms with E-state index in [4.69, 9.17) is 9.47 Å². The van der Waals surface area contributed by atoms with Crippen molar-refractivity contribution in [2.45, 2.75) is 18.9 Å². The van der Waals surface area contributed by atoms with Crippen molar-refractivity contribution in [3.05, 3.63) is 58.8 Å². The summed E-state index contributed by atoms with van der Waals surface area (Å²) in [5, 5.41) is 3.82. The smallest absolute Gasteiger partial charge is 0.334 e. The van der Waals surface area contributed by atoms with E-state index in [1.807, 2.05) is 41.8 Å². The van der Waals surface area contributed by atoms with Gasteiger partial charge in [-0.1, -0.05) is 18.2 Å². The van der Waals surface area contributed by atoms with Crippen LogP contribution in [-0.4, -0.2) is 36.5 Å². The number of likely N-dealkylation sites (tertiary alicyclic amines) is 1. The minimum absolute atomic E-state index is 0.104. The van der Waals surface area contributed by atoms with Crippen molar-refractivity contribution in [1.29, 1.82) is 0 Å². The van der Waals surface area contributed by atoms with Gasteiger partial charge in [0.2, 0.25) is 0 Å². The van der Waals surface area contributed by atoms with Gasteiger partial charge < -0.3 is 14.4 Å². The lowest BCUT2D eigenvalue weighted by atomic mass is 10.1. The fourth-order valence-corrected chi connectivity index (χ4v) is 4.05. The molecule has 2 aromatic carbocycles. The summed E-state index contributed by atoms with van der Waals surface area (Å²) in [4.78, 5) is 27.6. The number of rotatable bonds is 4. The monoisotopic (exact) mass is 381 g/mol. The Morgan fingerprint density at radius 2 is 1.85 bits per heavy atom. The number of amides is 1. The lowest BCUT2D eigenvalue weighted by molar-refractivity contribution is -0.138. The van der Waals surface area contributed by atoms with Crippen LogP contribution in [0.1, 0.15) is 22.5 Å². The summed E-state index contributed by atoms with van der Waals surface area (Å²) in [6, 6.07) is 14.3. The van der Waals surface area contributed by atoms with Crippen LogP contribution in [0.15, 0.2) is 53.9 Å². The maximum atomic E-state index is 12.7. The summed E-state index contributed by atoms with van der Waals surface area (Å²) < 4.78 is 10.9. The van der Waals surface area contributed by atoms with Crippen molar-refractivity contribution in [1.82, 2.24) is 4.90 Å². The molecule has 1 aromatic heterocycles. The molecule has 1 amide bonds. The molecule has 0 radical (unpaired) electrons. The van der Waals surface area contributed by atoms with Gasteiger partial charge in [0.15, 0.2) is 0 Å². The molecule has 0 spiro atoms. The Balaban J connectivity index is 1.52. The van der Waals surface area contributed by atoms with Gasteiger partial charge in [-0.15, -0.1) is 11.3 Å². The van der Waals surface area contributed by atoms with E-state index in [2.05, 4.69) is 0 Å². The van der Waals surface area contributed by atoms with Crippen LogP contribution < -0.4 is 9.47 Å². The molecule has 6 heteroatoms. The van der Waals surface area contributed by atoms with E-state index < -0.39 is 6.04 Å². The van der Waals surface area contributed by atoms with Crippen LogP contribution in [-0.2, 0) is 4.79 Å². The van der Waals surface area contributed by atoms with Gasteiger partial charge in [-0.2, -0.15) is 0 Å². The third-order valence-electron chi connectivity index (χ3n) is 4.76. The highest BCUT2D eigenvalue weighted by Gasteiger charge is 2.36. The number of esters is 1. The van der Waals surface area contributed by atoms with E-state index >= 15 is 0 Å². The molecular formula is C21H19NO4S. The third-order valence-corrected chi connectivity index (χ3v) is 5.61. The van der Waals surface area contributed by atoms with Crippen LogP contribution in [0, 0.1) is 0 Å². The first-order valence-corrected chi connectivity index (χ1v) is 9.67. The Bertz CT molecular complexity index is 983. The topological polar surface area (TPSA) is 55.8 Å². The van der Waals surface area contributed by atoms with Crippen molar-refractivity contribution in [3.8, 4) is 11.5 Å². The highest BCUT2D eigenvalue weighted by atomic mass is 32.1. The molecule has 0 saturated carbocycles. The highest BCUT2D eigenvalue weighted by molar-refractivity contribution is 7.12. The molecule has 5 nitrogen and oxygen atoms in total. The zero-order valence-electron chi connectivity index (χ0n) is 14.9. The van der Waals surface area contributed by atoms with Gasteiger partial charge >= 0.3 is 5.97 Å². The summed E-state index contributed by atoms with van der Waals surface area (Å²) in [7, 11) is 1.62. The van der Waals surface area contributed by atoms with Gasteiger partial charge in [0.05, 0.1) is 12.0 Å². The van der Waals surface area contributed by atoms with E-state index in [9.17, 15) is 9.59 Å². The molecule has 2 heterocycles. The Morgan fingerprint density at radius 3 is 2.59 bits per heavy atom. The van der Waals surface area contributed by atoms with Crippen LogP contribution in [0.4, 0.5) is 0 Å². The number of nitrogens with zero attached hydrogens (tertiary/aromatic N) is 1. The van der Waals surface area contributed by atoms with Gasteiger partial charge in [-0.25, -0.2) is 4.79 Å². The zero-order valence-corrected chi connectivity index (χ0v) is 15.7. The van der Waals surface area contributed by atoms with E-state index in [1.54, 1.807) is 24.1 Å². The zero-order chi connectivity index (χ0) is 18.8. The molecule has 138 valence electrons. The Hall–Kier alpha value is -2.86. The number of benzene rings is 2. The molecule has 1 saturated heterocycles. The minimum atomic E-state index is -0.541. The largest absolute Gasteiger partial charge is 0.497 e. The van der Waals surface area contributed by atoms with Crippen LogP contribution in [0.25, 0.3) is 10.8 Å². The highest BCUT2D eigenvalue weighted by Crippen LogP contribution is 2.27. The number of hydrogen-bond acceptors (Lipinski definition) is 5. The molecular weight excluding hydrogens is 362 g/mol. The van der Waals surface area contributed by atoms with E-state index in [1.165, 1.54) is 11.3 Å². The maximum absolute atomic E-state index is 12.7. The van der Waals surface area contributed by atoms with E-state index in [-0.39, 0.29) is 11.9 Å². The number of fused-ring (bicyclic) bond motifs is 1. The third kappa shape index (κ3) is 3.53. The molecule has 0 bridgehead atoms. The van der Waals surface area contributed by atoms with Crippen LogP contribution in [0.5, 0.6) is 11.5 Å². The van der Waals surface area contributed by atoms with Crippen molar-refractivity contribution in [3.63, 3.8) is 0 Å². The summed E-state index contributed by atoms with van der Waals surface area (Å²) in [6.07, 6.45) is 1.42. The molecule has 0 N–H and O–H groups in total. The summed E-state index contributed by atoms with van der Waals surface area (Å²) in [5.41, 5.74) is 0. The fraction of sp³-hybridized carbons (Fsp3) is 0.238. The van der Waals surface area contributed by atoms with Crippen molar-refractivity contribution >= 4 is 34.0 Å². The number of carbonyl (C=O) groups excluding carboxylic acids is 2. The van der Waals surface area contributed by atoms with Gasteiger partial charge in [0.1, 0.15) is 17.5 Å². The van der Waals surface area contributed by atoms with Crippen molar-refractivity contribution in [2.24, 2.45) is 0 Å². The summed E-state index contributed by atoms with van der Waals surface area (Å²) >= 11 is 1.39. The number of ether oxygens (including phenoxy) is 2. The normalized spacial score (nSPS) is 16.5. The molecule has 1 unspecified atom stereocenters. The van der Waals surface area contributed by atoms with Gasteiger partial charge in [0.25, 0.3) is 5.91 Å². The number of thiophene rings is 1. The molecule has 1 aliphatic rings. The SMILES string of the molecule is COc1ccc2ccc(OC(=O)C3CCCN3C(=O)c3cccs3)cc2c1. The second-order valence-corrected chi connectivity index (χ2v) is 7.38. The second kappa shape index (κ2) is 7.40.